The first-order valence-electron chi connectivity index (χ1n) is 8.94. The van der Waals surface area contributed by atoms with E-state index in [1.54, 1.807) is 12.1 Å². The Hall–Kier alpha value is -2.35. The van der Waals surface area contributed by atoms with Crippen LogP contribution < -0.4 is 5.32 Å². The number of furan rings is 1. The largest absolute Gasteiger partial charge is 0.467 e. The zero-order chi connectivity index (χ0) is 21.9. The summed E-state index contributed by atoms with van der Waals surface area (Å²) in [7, 11) is -4.17. The Morgan fingerprint density at radius 3 is 2.40 bits per heavy atom. The van der Waals surface area contributed by atoms with Gasteiger partial charge in [0.1, 0.15) is 16.8 Å². The van der Waals surface area contributed by atoms with Crippen LogP contribution in [0.2, 0.25) is 10.0 Å². The number of benzene rings is 2. The molecule has 0 saturated carbocycles. The first-order chi connectivity index (χ1) is 14.2. The van der Waals surface area contributed by atoms with Gasteiger partial charge in [-0.3, -0.25) is 4.79 Å². The fraction of sp³-hybridized carbons (Fsp3) is 0.190. The second kappa shape index (κ2) is 9.20. The van der Waals surface area contributed by atoms with Crippen molar-refractivity contribution < 1.29 is 22.0 Å². The minimum absolute atomic E-state index is 0.0713. The van der Waals surface area contributed by atoms with Crippen LogP contribution in [0.25, 0.3) is 0 Å². The molecule has 3 rings (SSSR count). The first kappa shape index (κ1) is 22.3. The van der Waals surface area contributed by atoms with Crippen LogP contribution in [-0.4, -0.2) is 14.3 Å². The second-order valence-corrected chi connectivity index (χ2v) is 9.61. The number of rotatable bonds is 7. The van der Waals surface area contributed by atoms with E-state index in [4.69, 9.17) is 27.6 Å². The fourth-order valence-electron chi connectivity index (χ4n) is 3.09. The SMILES string of the molecule is CC(C(=O)NCc1ccco1)C(c1cc(Cl)ccc1F)S(=O)(=O)c1ccc(Cl)cc1. The number of sulfone groups is 1. The summed E-state index contributed by atoms with van der Waals surface area (Å²) in [5, 5.41) is 1.63. The topological polar surface area (TPSA) is 76.4 Å². The van der Waals surface area contributed by atoms with E-state index in [1.807, 2.05) is 0 Å². The number of carbonyl (C=O) groups excluding carboxylic acids is 1. The molecule has 0 saturated heterocycles. The van der Waals surface area contributed by atoms with Crippen LogP contribution in [0.4, 0.5) is 4.39 Å². The molecular formula is C21H18Cl2FNO4S. The molecule has 3 aromatic rings. The van der Waals surface area contributed by atoms with Crippen LogP contribution in [0.1, 0.15) is 23.5 Å². The summed E-state index contributed by atoms with van der Waals surface area (Å²) in [5.74, 6) is -1.98. The highest BCUT2D eigenvalue weighted by atomic mass is 35.5. The maximum Gasteiger partial charge on any atom is 0.224 e. The van der Waals surface area contributed by atoms with Gasteiger partial charge in [-0.05, 0) is 54.6 Å². The molecule has 0 aliphatic carbocycles. The number of hydrogen-bond acceptors (Lipinski definition) is 4. The lowest BCUT2D eigenvalue weighted by molar-refractivity contribution is -0.124. The number of nitrogens with one attached hydrogen (secondary N) is 1. The Balaban J connectivity index is 2.01. The molecule has 30 heavy (non-hydrogen) atoms. The lowest BCUT2D eigenvalue weighted by atomic mass is 9.99. The van der Waals surface area contributed by atoms with Crippen molar-refractivity contribution >= 4 is 38.9 Å². The smallest absolute Gasteiger partial charge is 0.224 e. The second-order valence-electron chi connectivity index (χ2n) is 6.67. The molecule has 0 bridgehead atoms. The summed E-state index contributed by atoms with van der Waals surface area (Å²) in [4.78, 5) is 12.7. The summed E-state index contributed by atoms with van der Waals surface area (Å²) in [6.07, 6.45) is 1.46. The summed E-state index contributed by atoms with van der Waals surface area (Å²) in [6, 6.07) is 12.4. The fourth-order valence-corrected chi connectivity index (χ4v) is 5.39. The Kier molecular flexibility index (Phi) is 6.85. The van der Waals surface area contributed by atoms with Crippen molar-refractivity contribution in [3.05, 3.63) is 88.0 Å². The van der Waals surface area contributed by atoms with E-state index in [1.165, 1.54) is 49.6 Å². The highest BCUT2D eigenvalue weighted by molar-refractivity contribution is 7.91. The van der Waals surface area contributed by atoms with E-state index in [0.29, 0.717) is 10.8 Å². The molecule has 2 aromatic carbocycles. The number of carbonyl (C=O) groups is 1. The van der Waals surface area contributed by atoms with Gasteiger partial charge in [-0.15, -0.1) is 0 Å². The van der Waals surface area contributed by atoms with E-state index < -0.39 is 32.7 Å². The summed E-state index contributed by atoms with van der Waals surface area (Å²) >= 11 is 11.9. The van der Waals surface area contributed by atoms with E-state index >= 15 is 0 Å². The van der Waals surface area contributed by atoms with Gasteiger partial charge in [0, 0.05) is 15.6 Å². The van der Waals surface area contributed by atoms with Gasteiger partial charge in [0.15, 0.2) is 9.84 Å². The molecule has 0 aliphatic rings. The van der Waals surface area contributed by atoms with Gasteiger partial charge in [0.2, 0.25) is 5.91 Å². The van der Waals surface area contributed by atoms with Gasteiger partial charge in [-0.1, -0.05) is 30.1 Å². The van der Waals surface area contributed by atoms with E-state index in [2.05, 4.69) is 5.32 Å². The van der Waals surface area contributed by atoms with Gasteiger partial charge in [0.25, 0.3) is 0 Å². The van der Waals surface area contributed by atoms with Gasteiger partial charge in [-0.2, -0.15) is 0 Å². The standard InChI is InChI=1S/C21H18Cl2FNO4S/c1-13(21(26)25-12-16-3-2-10-29-16)20(18-11-15(23)6-9-19(18)24)30(27,28)17-7-4-14(22)5-8-17/h2-11,13,20H,12H2,1H3,(H,25,26). The van der Waals surface area contributed by atoms with Gasteiger partial charge < -0.3 is 9.73 Å². The predicted molar refractivity (Wildman–Crippen MR) is 113 cm³/mol. The molecule has 1 N–H and O–H groups in total. The van der Waals surface area contributed by atoms with Crippen molar-refractivity contribution in [2.75, 3.05) is 0 Å². The summed E-state index contributed by atoms with van der Waals surface area (Å²) in [5.41, 5.74) is -0.182. The zero-order valence-electron chi connectivity index (χ0n) is 15.8. The van der Waals surface area contributed by atoms with Crippen LogP contribution in [0, 0.1) is 11.7 Å². The highest BCUT2D eigenvalue weighted by Crippen LogP contribution is 2.38. The minimum atomic E-state index is -4.17. The molecule has 158 valence electrons. The van der Waals surface area contributed by atoms with Crippen LogP contribution in [0.3, 0.4) is 0 Å². The lowest BCUT2D eigenvalue weighted by Gasteiger charge is -2.24. The molecule has 0 radical (unpaired) electrons. The average molecular weight is 470 g/mol. The van der Waals surface area contributed by atoms with E-state index in [-0.39, 0.29) is 22.0 Å². The van der Waals surface area contributed by atoms with Crippen molar-refractivity contribution in [3.8, 4) is 0 Å². The molecular weight excluding hydrogens is 452 g/mol. The van der Waals surface area contributed by atoms with Crippen molar-refractivity contribution in [1.29, 1.82) is 0 Å². The highest BCUT2D eigenvalue weighted by Gasteiger charge is 2.39. The third-order valence-corrected chi connectivity index (χ3v) is 7.37. The van der Waals surface area contributed by atoms with Gasteiger partial charge in [-0.25, -0.2) is 12.8 Å². The molecule has 0 spiro atoms. The maximum atomic E-state index is 14.7. The summed E-state index contributed by atoms with van der Waals surface area (Å²) < 4.78 is 46.7. The molecule has 0 aliphatic heterocycles. The quantitative estimate of drug-likeness (QED) is 0.516. The summed E-state index contributed by atoms with van der Waals surface area (Å²) in [6.45, 7) is 1.50. The van der Waals surface area contributed by atoms with Crippen LogP contribution in [-0.2, 0) is 21.2 Å². The first-order valence-corrected chi connectivity index (χ1v) is 11.2. The molecule has 0 fully saturated rings. The van der Waals surface area contributed by atoms with Gasteiger partial charge in [0.05, 0.1) is 23.6 Å². The van der Waals surface area contributed by atoms with Crippen molar-refractivity contribution in [3.63, 3.8) is 0 Å². The van der Waals surface area contributed by atoms with Crippen molar-refractivity contribution in [2.45, 2.75) is 23.6 Å². The molecule has 2 unspecified atom stereocenters. The van der Waals surface area contributed by atoms with E-state index in [0.717, 1.165) is 6.07 Å². The molecule has 2 atom stereocenters. The molecule has 1 aromatic heterocycles. The Labute approximate surface area is 183 Å². The normalized spacial score (nSPS) is 13.6. The van der Waals surface area contributed by atoms with E-state index in [9.17, 15) is 17.6 Å². The zero-order valence-corrected chi connectivity index (χ0v) is 18.1. The molecule has 1 heterocycles. The number of halogens is 3. The maximum absolute atomic E-state index is 14.7. The number of hydrogen-bond donors (Lipinski definition) is 1. The minimum Gasteiger partial charge on any atom is -0.467 e. The lowest BCUT2D eigenvalue weighted by Crippen LogP contribution is -2.35. The Morgan fingerprint density at radius 2 is 1.77 bits per heavy atom. The van der Waals surface area contributed by atoms with Crippen LogP contribution in [0.15, 0.2) is 70.2 Å². The third-order valence-electron chi connectivity index (χ3n) is 4.63. The third kappa shape index (κ3) is 4.86. The average Bonchev–Trinajstić information content (AvgIpc) is 3.22. The number of amides is 1. The molecule has 1 amide bonds. The molecule has 9 heteroatoms. The van der Waals surface area contributed by atoms with Crippen molar-refractivity contribution in [2.24, 2.45) is 5.92 Å². The predicted octanol–water partition coefficient (Wildman–Crippen LogP) is 5.19. The monoisotopic (exact) mass is 469 g/mol. The van der Waals surface area contributed by atoms with Crippen molar-refractivity contribution in [1.82, 2.24) is 5.32 Å². The van der Waals surface area contributed by atoms with Crippen LogP contribution in [0.5, 0.6) is 0 Å². The molecule has 5 nitrogen and oxygen atoms in total. The Morgan fingerprint density at radius 1 is 1.10 bits per heavy atom. The Bertz CT molecular complexity index is 1130. The van der Waals surface area contributed by atoms with Gasteiger partial charge >= 0.3 is 0 Å². The van der Waals surface area contributed by atoms with Crippen LogP contribution >= 0.6 is 23.2 Å².